The summed E-state index contributed by atoms with van der Waals surface area (Å²) in [7, 11) is 0. The van der Waals surface area contributed by atoms with Gasteiger partial charge in [0, 0.05) is 36.4 Å². The SMILES string of the molecule is N[C@H]1CCCC[C@H]1Nc1nccc(Nc2ccc(-n3cccn3)cc2)n1. The molecule has 7 heteroatoms. The van der Waals surface area contributed by atoms with E-state index in [1.54, 1.807) is 12.4 Å². The maximum absolute atomic E-state index is 6.20. The number of aromatic nitrogens is 4. The van der Waals surface area contributed by atoms with Crippen molar-refractivity contribution in [2.24, 2.45) is 5.73 Å². The molecule has 0 unspecified atom stereocenters. The van der Waals surface area contributed by atoms with Crippen molar-refractivity contribution in [3.8, 4) is 5.69 Å². The lowest BCUT2D eigenvalue weighted by atomic mass is 9.91. The highest BCUT2D eigenvalue weighted by molar-refractivity contribution is 5.58. The molecule has 0 aliphatic heterocycles. The van der Waals surface area contributed by atoms with Crippen LogP contribution in [0.4, 0.5) is 17.5 Å². The van der Waals surface area contributed by atoms with Gasteiger partial charge in [0.2, 0.25) is 5.95 Å². The van der Waals surface area contributed by atoms with Gasteiger partial charge in [0.15, 0.2) is 0 Å². The molecule has 134 valence electrons. The fraction of sp³-hybridized carbons (Fsp3) is 0.316. The minimum absolute atomic E-state index is 0.166. The van der Waals surface area contributed by atoms with Crippen molar-refractivity contribution in [3.63, 3.8) is 0 Å². The second kappa shape index (κ2) is 7.53. The molecule has 0 saturated heterocycles. The monoisotopic (exact) mass is 349 g/mol. The summed E-state index contributed by atoms with van der Waals surface area (Å²) < 4.78 is 1.82. The van der Waals surface area contributed by atoms with E-state index in [0.717, 1.165) is 30.0 Å². The fourth-order valence-corrected chi connectivity index (χ4v) is 3.27. The van der Waals surface area contributed by atoms with Crippen molar-refractivity contribution in [2.75, 3.05) is 10.6 Å². The summed E-state index contributed by atoms with van der Waals surface area (Å²) in [6, 6.07) is 12.2. The standard InChI is InChI=1S/C19H23N7/c20-16-4-1-2-5-17(16)24-19-21-12-10-18(25-19)23-14-6-8-15(9-7-14)26-13-3-11-22-26/h3,6-13,16-17H,1-2,4-5,20H2,(H2,21,23,24,25)/t16-,17+/m0/s1. The van der Waals surface area contributed by atoms with Gasteiger partial charge in [0.05, 0.1) is 5.69 Å². The predicted molar refractivity (Wildman–Crippen MR) is 103 cm³/mol. The summed E-state index contributed by atoms with van der Waals surface area (Å²) in [4.78, 5) is 8.89. The van der Waals surface area contributed by atoms with Gasteiger partial charge in [-0.25, -0.2) is 9.67 Å². The lowest BCUT2D eigenvalue weighted by molar-refractivity contribution is 0.402. The molecular formula is C19H23N7. The maximum atomic E-state index is 6.20. The first-order valence-corrected chi connectivity index (χ1v) is 9.00. The van der Waals surface area contributed by atoms with Crippen LogP contribution < -0.4 is 16.4 Å². The highest BCUT2D eigenvalue weighted by atomic mass is 15.3. The number of hydrogen-bond donors (Lipinski definition) is 3. The molecule has 4 rings (SSSR count). The Morgan fingerprint density at radius 3 is 2.65 bits per heavy atom. The number of hydrogen-bond acceptors (Lipinski definition) is 6. The van der Waals surface area contributed by atoms with E-state index in [2.05, 4.69) is 25.7 Å². The third kappa shape index (κ3) is 3.83. The Morgan fingerprint density at radius 1 is 1.04 bits per heavy atom. The smallest absolute Gasteiger partial charge is 0.224 e. The first kappa shape index (κ1) is 16.5. The Morgan fingerprint density at radius 2 is 1.88 bits per heavy atom. The van der Waals surface area contributed by atoms with Gasteiger partial charge in [-0.1, -0.05) is 12.8 Å². The van der Waals surface area contributed by atoms with Gasteiger partial charge in [-0.2, -0.15) is 10.1 Å². The molecule has 1 saturated carbocycles. The summed E-state index contributed by atoms with van der Waals surface area (Å²) in [5.74, 6) is 1.37. The first-order valence-electron chi connectivity index (χ1n) is 9.00. The van der Waals surface area contributed by atoms with E-state index in [-0.39, 0.29) is 12.1 Å². The van der Waals surface area contributed by atoms with Crippen LogP contribution in [-0.2, 0) is 0 Å². The zero-order valence-electron chi connectivity index (χ0n) is 14.5. The molecule has 0 spiro atoms. The average Bonchev–Trinajstić information content (AvgIpc) is 3.19. The highest BCUT2D eigenvalue weighted by Crippen LogP contribution is 2.21. The van der Waals surface area contributed by atoms with Gasteiger partial charge in [0.25, 0.3) is 0 Å². The second-order valence-electron chi connectivity index (χ2n) is 6.59. The van der Waals surface area contributed by atoms with Gasteiger partial charge in [-0.05, 0) is 49.2 Å². The Balaban J connectivity index is 1.43. The molecule has 3 aromatic rings. The third-order valence-corrected chi connectivity index (χ3v) is 4.70. The normalized spacial score (nSPS) is 19.9. The van der Waals surface area contributed by atoms with Crippen LogP contribution in [0.25, 0.3) is 5.69 Å². The number of nitrogens with two attached hydrogens (primary N) is 1. The zero-order valence-corrected chi connectivity index (χ0v) is 14.5. The van der Waals surface area contributed by atoms with Crippen molar-refractivity contribution in [1.82, 2.24) is 19.7 Å². The van der Waals surface area contributed by atoms with Crippen LogP contribution in [-0.4, -0.2) is 31.8 Å². The number of benzene rings is 1. The van der Waals surface area contributed by atoms with Gasteiger partial charge >= 0.3 is 0 Å². The molecule has 2 heterocycles. The number of nitrogens with zero attached hydrogens (tertiary/aromatic N) is 4. The van der Waals surface area contributed by atoms with Crippen LogP contribution in [0.15, 0.2) is 55.0 Å². The minimum Gasteiger partial charge on any atom is -0.350 e. The average molecular weight is 349 g/mol. The Bertz CT molecular complexity index is 829. The van der Waals surface area contributed by atoms with Gasteiger partial charge in [-0.15, -0.1) is 0 Å². The molecule has 2 aromatic heterocycles. The molecule has 1 aliphatic carbocycles. The Kier molecular flexibility index (Phi) is 4.79. The Labute approximate surface area is 152 Å². The molecule has 0 bridgehead atoms. The van der Waals surface area contributed by atoms with Crippen molar-refractivity contribution < 1.29 is 0 Å². The van der Waals surface area contributed by atoms with Crippen LogP contribution in [0.3, 0.4) is 0 Å². The van der Waals surface area contributed by atoms with E-state index in [1.807, 2.05) is 47.3 Å². The fourth-order valence-electron chi connectivity index (χ4n) is 3.27. The molecule has 1 fully saturated rings. The van der Waals surface area contributed by atoms with Gasteiger partial charge < -0.3 is 16.4 Å². The summed E-state index contributed by atoms with van der Waals surface area (Å²) in [5, 5.41) is 10.9. The van der Waals surface area contributed by atoms with E-state index in [1.165, 1.54) is 12.8 Å². The maximum Gasteiger partial charge on any atom is 0.224 e. The summed E-state index contributed by atoms with van der Waals surface area (Å²) in [6.07, 6.45) is 9.96. The quantitative estimate of drug-likeness (QED) is 0.655. The first-order chi connectivity index (χ1) is 12.8. The van der Waals surface area contributed by atoms with Crippen LogP contribution in [0.1, 0.15) is 25.7 Å². The van der Waals surface area contributed by atoms with Crippen molar-refractivity contribution in [2.45, 2.75) is 37.8 Å². The predicted octanol–water partition coefficient (Wildman–Crippen LogP) is 3.09. The van der Waals surface area contributed by atoms with E-state index in [4.69, 9.17) is 5.73 Å². The molecule has 7 nitrogen and oxygen atoms in total. The summed E-state index contributed by atoms with van der Waals surface area (Å²) in [5.41, 5.74) is 8.17. The molecule has 1 aromatic carbocycles. The van der Waals surface area contributed by atoms with Gasteiger partial charge in [0.1, 0.15) is 5.82 Å². The minimum atomic E-state index is 0.166. The topological polar surface area (TPSA) is 93.7 Å². The van der Waals surface area contributed by atoms with Crippen LogP contribution in [0.2, 0.25) is 0 Å². The molecule has 4 N–H and O–H groups in total. The molecular weight excluding hydrogens is 326 g/mol. The Hall–Kier alpha value is -2.93. The molecule has 2 atom stereocenters. The van der Waals surface area contributed by atoms with E-state index < -0.39 is 0 Å². The van der Waals surface area contributed by atoms with Crippen molar-refractivity contribution in [3.05, 3.63) is 55.0 Å². The number of rotatable bonds is 5. The van der Waals surface area contributed by atoms with E-state index in [9.17, 15) is 0 Å². The van der Waals surface area contributed by atoms with E-state index >= 15 is 0 Å². The third-order valence-electron chi connectivity index (χ3n) is 4.70. The molecule has 26 heavy (non-hydrogen) atoms. The van der Waals surface area contributed by atoms with Gasteiger partial charge in [-0.3, -0.25) is 0 Å². The van der Waals surface area contributed by atoms with Crippen LogP contribution in [0.5, 0.6) is 0 Å². The molecule has 0 amide bonds. The number of nitrogens with one attached hydrogen (secondary N) is 2. The van der Waals surface area contributed by atoms with E-state index in [0.29, 0.717) is 5.95 Å². The van der Waals surface area contributed by atoms with Crippen molar-refractivity contribution in [1.29, 1.82) is 0 Å². The molecule has 1 aliphatic rings. The van der Waals surface area contributed by atoms with Crippen LogP contribution in [0, 0.1) is 0 Å². The summed E-state index contributed by atoms with van der Waals surface area (Å²) >= 11 is 0. The highest BCUT2D eigenvalue weighted by Gasteiger charge is 2.22. The lowest BCUT2D eigenvalue weighted by Crippen LogP contribution is -2.42. The number of anilines is 3. The largest absolute Gasteiger partial charge is 0.350 e. The summed E-state index contributed by atoms with van der Waals surface area (Å²) in [6.45, 7) is 0. The van der Waals surface area contributed by atoms with Crippen LogP contribution >= 0.6 is 0 Å². The van der Waals surface area contributed by atoms with Crippen molar-refractivity contribution >= 4 is 17.5 Å². The zero-order chi connectivity index (χ0) is 17.8. The second-order valence-corrected chi connectivity index (χ2v) is 6.59. The lowest BCUT2D eigenvalue weighted by Gasteiger charge is -2.29. The molecule has 0 radical (unpaired) electrons.